The minimum absolute atomic E-state index is 0.0928. The number of nitrogens with one attached hydrogen (secondary N) is 1. The van der Waals surface area contributed by atoms with E-state index in [0.717, 1.165) is 31.2 Å². The average Bonchev–Trinajstić information content (AvgIpc) is 2.57. The van der Waals surface area contributed by atoms with E-state index < -0.39 is 21.5 Å². The van der Waals surface area contributed by atoms with Gasteiger partial charge in [0.15, 0.2) is 9.84 Å². The first-order valence-corrected chi connectivity index (χ1v) is 11.5. The topological polar surface area (TPSA) is 89.0 Å². The molecular weight excluding hydrogens is 362 g/mol. The number of nitrogens with zero attached hydrogens (tertiary/aromatic N) is 2. The van der Waals surface area contributed by atoms with Gasteiger partial charge < -0.3 is 5.32 Å². The maximum absolute atomic E-state index is 12.5. The number of hydrogen-bond donors (Lipinski definition) is 1. The highest BCUT2D eigenvalue weighted by Crippen LogP contribution is 2.18. The van der Waals surface area contributed by atoms with Gasteiger partial charge in [0.1, 0.15) is 5.75 Å². The second-order valence-corrected chi connectivity index (χ2v) is 9.45. The lowest BCUT2D eigenvalue weighted by Gasteiger charge is -2.21. The van der Waals surface area contributed by atoms with Crippen LogP contribution in [0.25, 0.3) is 11.0 Å². The number of benzene rings is 1. The second-order valence-electron chi connectivity index (χ2n) is 7.39. The molecule has 0 radical (unpaired) electrons. The monoisotopic (exact) mass is 389 g/mol. The van der Waals surface area contributed by atoms with Crippen LogP contribution in [0.1, 0.15) is 56.3 Å². The number of fused-ring (bicyclic) bond motifs is 1. The number of sulfone groups is 1. The molecule has 0 aliphatic heterocycles. The van der Waals surface area contributed by atoms with Crippen molar-refractivity contribution in [3.63, 3.8) is 0 Å². The Kier molecular flexibility index (Phi) is 6.42. The zero-order valence-electron chi connectivity index (χ0n) is 15.8. The lowest BCUT2D eigenvalue weighted by molar-refractivity contribution is -0.119. The molecule has 1 N–H and O–H groups in total. The van der Waals surface area contributed by atoms with Gasteiger partial charge in [-0.1, -0.05) is 44.2 Å². The third-order valence-electron chi connectivity index (χ3n) is 5.02. The molecule has 2 aromatic rings. The van der Waals surface area contributed by atoms with E-state index >= 15 is 0 Å². The fourth-order valence-electron chi connectivity index (χ4n) is 3.59. The summed E-state index contributed by atoms with van der Waals surface area (Å²) in [5.41, 5.74) is 2.38. The Morgan fingerprint density at radius 1 is 1.04 bits per heavy atom. The molecule has 1 aliphatic carbocycles. The number of carbonyl (C=O) groups excluding carboxylic acids is 1. The van der Waals surface area contributed by atoms with Crippen LogP contribution >= 0.6 is 0 Å². The van der Waals surface area contributed by atoms with Gasteiger partial charge in [0, 0.05) is 6.04 Å². The van der Waals surface area contributed by atoms with Crippen LogP contribution in [0.15, 0.2) is 24.3 Å². The third kappa shape index (κ3) is 5.73. The van der Waals surface area contributed by atoms with E-state index in [1.807, 2.05) is 18.2 Å². The number of aryl methyl sites for hydroxylation is 1. The molecule has 1 aromatic heterocycles. The Labute approximate surface area is 160 Å². The van der Waals surface area contributed by atoms with Crippen molar-refractivity contribution in [1.82, 2.24) is 15.3 Å². The van der Waals surface area contributed by atoms with Crippen LogP contribution in [0.2, 0.25) is 0 Å². The van der Waals surface area contributed by atoms with Crippen molar-refractivity contribution in [3.8, 4) is 0 Å². The van der Waals surface area contributed by atoms with Crippen molar-refractivity contribution < 1.29 is 13.2 Å². The largest absolute Gasteiger partial charge is 0.352 e. The van der Waals surface area contributed by atoms with E-state index in [0.29, 0.717) is 16.9 Å². The summed E-state index contributed by atoms with van der Waals surface area (Å²) in [5, 5.41) is 2.92. The predicted octanol–water partition coefficient (Wildman–Crippen LogP) is 3.08. The number of para-hydroxylation sites is 2. The SMILES string of the molecule is Cc1nc2ccccc2nc1CS(=O)(=O)CC(=O)NC1CCCCCCC1. The molecule has 1 fully saturated rings. The van der Waals surface area contributed by atoms with Crippen molar-refractivity contribution in [2.24, 2.45) is 0 Å². The van der Waals surface area contributed by atoms with Crippen LogP contribution in [0.4, 0.5) is 0 Å². The number of aromatic nitrogens is 2. The van der Waals surface area contributed by atoms with Crippen LogP contribution in [0, 0.1) is 6.92 Å². The number of carbonyl (C=O) groups is 1. The fraction of sp³-hybridized carbons (Fsp3) is 0.550. The molecule has 27 heavy (non-hydrogen) atoms. The smallest absolute Gasteiger partial charge is 0.235 e. The van der Waals surface area contributed by atoms with E-state index in [4.69, 9.17) is 0 Å². The van der Waals surface area contributed by atoms with Gasteiger partial charge in [-0.05, 0) is 31.9 Å². The minimum Gasteiger partial charge on any atom is -0.352 e. The molecule has 1 saturated carbocycles. The van der Waals surface area contributed by atoms with Crippen molar-refractivity contribution in [2.75, 3.05) is 5.75 Å². The molecule has 7 heteroatoms. The van der Waals surface area contributed by atoms with Gasteiger partial charge in [0.25, 0.3) is 0 Å². The molecule has 1 amide bonds. The van der Waals surface area contributed by atoms with Crippen LogP contribution in [-0.4, -0.2) is 36.1 Å². The molecule has 1 heterocycles. The molecule has 1 aromatic carbocycles. The highest BCUT2D eigenvalue weighted by Gasteiger charge is 2.22. The normalized spacial score (nSPS) is 16.6. The summed E-state index contributed by atoms with van der Waals surface area (Å²) in [6.07, 6.45) is 7.66. The van der Waals surface area contributed by atoms with Crippen molar-refractivity contribution in [3.05, 3.63) is 35.7 Å². The summed E-state index contributed by atoms with van der Waals surface area (Å²) in [6, 6.07) is 7.45. The molecule has 0 atom stereocenters. The Bertz CT molecular complexity index is 904. The molecule has 0 spiro atoms. The maximum atomic E-state index is 12.5. The van der Waals surface area contributed by atoms with Gasteiger partial charge in [0.05, 0.1) is 28.2 Å². The van der Waals surface area contributed by atoms with Crippen LogP contribution in [0.5, 0.6) is 0 Å². The van der Waals surface area contributed by atoms with Crippen LogP contribution in [0.3, 0.4) is 0 Å². The summed E-state index contributed by atoms with van der Waals surface area (Å²) >= 11 is 0. The Balaban J connectivity index is 1.64. The highest BCUT2D eigenvalue weighted by molar-refractivity contribution is 7.91. The standard InChI is InChI=1S/C20H27N3O3S/c1-15-19(23-18-12-8-7-11-17(18)21-15)13-27(25,26)14-20(24)22-16-9-5-3-2-4-6-10-16/h7-8,11-12,16H,2-6,9-10,13-14H2,1H3,(H,22,24). The highest BCUT2D eigenvalue weighted by atomic mass is 32.2. The third-order valence-corrected chi connectivity index (χ3v) is 6.44. The molecule has 0 bridgehead atoms. The number of hydrogen-bond acceptors (Lipinski definition) is 5. The van der Waals surface area contributed by atoms with E-state index in [1.54, 1.807) is 13.0 Å². The van der Waals surface area contributed by atoms with Crippen LogP contribution in [-0.2, 0) is 20.4 Å². The summed E-state index contributed by atoms with van der Waals surface area (Å²) < 4.78 is 25.1. The summed E-state index contributed by atoms with van der Waals surface area (Å²) in [5.74, 6) is -1.18. The van der Waals surface area contributed by atoms with Gasteiger partial charge in [0.2, 0.25) is 5.91 Å². The summed E-state index contributed by atoms with van der Waals surface area (Å²) in [7, 11) is -3.61. The average molecular weight is 390 g/mol. The molecule has 1 aliphatic rings. The minimum atomic E-state index is -3.61. The molecule has 0 saturated heterocycles. The molecule has 146 valence electrons. The lowest BCUT2D eigenvalue weighted by Crippen LogP contribution is -2.39. The first-order chi connectivity index (χ1) is 12.9. The molecular formula is C20H27N3O3S. The zero-order valence-corrected chi connectivity index (χ0v) is 16.6. The molecule has 6 nitrogen and oxygen atoms in total. The van der Waals surface area contributed by atoms with Gasteiger partial charge in [-0.15, -0.1) is 0 Å². The van der Waals surface area contributed by atoms with Gasteiger partial charge in [-0.2, -0.15) is 0 Å². The Morgan fingerprint density at radius 3 is 2.30 bits per heavy atom. The lowest BCUT2D eigenvalue weighted by atomic mass is 9.97. The van der Waals surface area contributed by atoms with Crippen molar-refractivity contribution in [2.45, 2.75) is 63.7 Å². The van der Waals surface area contributed by atoms with Gasteiger partial charge in [-0.3, -0.25) is 4.79 Å². The number of rotatable bonds is 5. The van der Waals surface area contributed by atoms with E-state index in [-0.39, 0.29) is 11.8 Å². The molecule has 0 unspecified atom stereocenters. The maximum Gasteiger partial charge on any atom is 0.235 e. The molecule has 3 rings (SSSR count). The Hall–Kier alpha value is -2.02. The van der Waals surface area contributed by atoms with Crippen molar-refractivity contribution >= 4 is 26.8 Å². The summed E-state index contributed by atoms with van der Waals surface area (Å²) in [6.45, 7) is 1.75. The van der Waals surface area contributed by atoms with E-state index in [1.165, 1.54) is 19.3 Å². The summed E-state index contributed by atoms with van der Waals surface area (Å²) in [4.78, 5) is 21.1. The van der Waals surface area contributed by atoms with E-state index in [2.05, 4.69) is 15.3 Å². The van der Waals surface area contributed by atoms with Gasteiger partial charge in [-0.25, -0.2) is 18.4 Å². The van der Waals surface area contributed by atoms with Crippen LogP contribution < -0.4 is 5.32 Å². The number of amides is 1. The fourth-order valence-corrected chi connectivity index (χ4v) is 4.87. The quantitative estimate of drug-likeness (QED) is 0.849. The van der Waals surface area contributed by atoms with Gasteiger partial charge >= 0.3 is 0 Å². The first-order valence-electron chi connectivity index (χ1n) is 9.65. The first kappa shape index (κ1) is 19.7. The predicted molar refractivity (Wildman–Crippen MR) is 106 cm³/mol. The zero-order chi connectivity index (χ0) is 19.3. The second kappa shape index (κ2) is 8.78. The van der Waals surface area contributed by atoms with Crippen molar-refractivity contribution in [1.29, 1.82) is 0 Å². The van der Waals surface area contributed by atoms with E-state index in [9.17, 15) is 13.2 Å². The Morgan fingerprint density at radius 2 is 1.63 bits per heavy atom.